The molecule has 2 aromatic rings. The molecule has 2 amide bonds. The highest BCUT2D eigenvalue weighted by atomic mass is 16.2. The molecule has 0 aromatic carbocycles. The van der Waals surface area contributed by atoms with Crippen LogP contribution in [0.4, 0.5) is 10.6 Å². The predicted octanol–water partition coefficient (Wildman–Crippen LogP) is 0.756. The van der Waals surface area contributed by atoms with Gasteiger partial charge in [-0.2, -0.15) is 9.61 Å². The van der Waals surface area contributed by atoms with Crippen LogP contribution in [-0.2, 0) is 0 Å². The first-order valence-electron chi connectivity index (χ1n) is 8.23. The van der Waals surface area contributed by atoms with Crippen molar-refractivity contribution in [1.82, 2.24) is 29.8 Å². The summed E-state index contributed by atoms with van der Waals surface area (Å²) in [6.45, 7) is 3.76. The molecule has 1 saturated heterocycles. The summed E-state index contributed by atoms with van der Waals surface area (Å²) in [6, 6.07) is 0.0578. The number of aromatic nitrogens is 4. The maximum Gasteiger partial charge on any atom is 0.317 e. The number of piperazine rings is 1. The molecule has 1 aliphatic carbocycles. The molecular formula is C15H21N7O. The fourth-order valence-electron chi connectivity index (χ4n) is 3.00. The summed E-state index contributed by atoms with van der Waals surface area (Å²) in [7, 11) is 0. The summed E-state index contributed by atoms with van der Waals surface area (Å²) in [6.07, 6.45) is 8.80. The lowest BCUT2D eigenvalue weighted by molar-refractivity contribution is 0.194. The Morgan fingerprint density at radius 1 is 1.22 bits per heavy atom. The highest BCUT2D eigenvalue weighted by Crippen LogP contribution is 2.31. The van der Waals surface area contributed by atoms with E-state index in [9.17, 15) is 4.79 Å². The van der Waals surface area contributed by atoms with Gasteiger partial charge in [-0.1, -0.05) is 12.8 Å². The number of nitrogens with one attached hydrogen (secondary N) is 1. The zero-order chi connectivity index (χ0) is 15.6. The van der Waals surface area contributed by atoms with Crippen LogP contribution in [0, 0.1) is 5.92 Å². The zero-order valence-corrected chi connectivity index (χ0v) is 13.1. The Kier molecular flexibility index (Phi) is 3.72. The maximum atomic E-state index is 12.2. The van der Waals surface area contributed by atoms with Crippen molar-refractivity contribution in [2.75, 3.05) is 37.6 Å². The predicted molar refractivity (Wildman–Crippen MR) is 85.3 cm³/mol. The van der Waals surface area contributed by atoms with E-state index in [-0.39, 0.29) is 6.03 Å². The van der Waals surface area contributed by atoms with Gasteiger partial charge in [0.25, 0.3) is 0 Å². The fourth-order valence-corrected chi connectivity index (χ4v) is 3.00. The topological polar surface area (TPSA) is 78.7 Å². The number of carbonyl (C=O) groups excluding carboxylic acids is 1. The number of amides is 2. The zero-order valence-electron chi connectivity index (χ0n) is 13.1. The molecule has 1 aliphatic heterocycles. The standard InChI is InChI=1S/C15H21N7O/c23-15(17-4-3-12-1-2-12)21-7-5-20(6-8-21)14-10-16-9-13-18-11-19-22(13)14/h9-12H,1-8H2,(H,17,23). The minimum absolute atomic E-state index is 0.0578. The van der Waals surface area contributed by atoms with E-state index in [0.29, 0.717) is 13.1 Å². The van der Waals surface area contributed by atoms with Crippen LogP contribution in [0.25, 0.3) is 5.65 Å². The number of carbonyl (C=O) groups is 1. The number of fused-ring (bicyclic) bond motifs is 1. The molecule has 2 aliphatic rings. The lowest BCUT2D eigenvalue weighted by Gasteiger charge is -2.35. The smallest absolute Gasteiger partial charge is 0.317 e. The minimum atomic E-state index is 0.0578. The van der Waals surface area contributed by atoms with Gasteiger partial charge in [0.2, 0.25) is 0 Å². The highest BCUT2D eigenvalue weighted by molar-refractivity contribution is 5.74. The van der Waals surface area contributed by atoms with E-state index in [0.717, 1.165) is 43.4 Å². The summed E-state index contributed by atoms with van der Waals surface area (Å²) in [5.41, 5.74) is 0.739. The van der Waals surface area contributed by atoms with E-state index < -0.39 is 0 Å². The Labute approximate surface area is 134 Å². The monoisotopic (exact) mass is 315 g/mol. The molecule has 0 unspecified atom stereocenters. The van der Waals surface area contributed by atoms with E-state index >= 15 is 0 Å². The number of hydrogen-bond donors (Lipinski definition) is 1. The lowest BCUT2D eigenvalue weighted by Crippen LogP contribution is -2.52. The fraction of sp³-hybridized carbons (Fsp3) is 0.600. The number of rotatable bonds is 4. The van der Waals surface area contributed by atoms with Crippen molar-refractivity contribution < 1.29 is 4.79 Å². The molecule has 8 nitrogen and oxygen atoms in total. The molecule has 1 N–H and O–H groups in total. The summed E-state index contributed by atoms with van der Waals surface area (Å²) >= 11 is 0. The van der Waals surface area contributed by atoms with Crippen molar-refractivity contribution in [3.63, 3.8) is 0 Å². The van der Waals surface area contributed by atoms with Crippen molar-refractivity contribution in [2.24, 2.45) is 5.92 Å². The van der Waals surface area contributed by atoms with Gasteiger partial charge in [-0.05, 0) is 12.3 Å². The third-order valence-electron chi connectivity index (χ3n) is 4.59. The summed E-state index contributed by atoms with van der Waals surface area (Å²) in [5, 5.41) is 7.27. The molecule has 122 valence electrons. The molecule has 3 heterocycles. The number of hydrogen-bond acceptors (Lipinski definition) is 5. The van der Waals surface area contributed by atoms with Crippen molar-refractivity contribution in [1.29, 1.82) is 0 Å². The molecule has 2 fully saturated rings. The second-order valence-corrected chi connectivity index (χ2v) is 6.23. The van der Waals surface area contributed by atoms with Crippen LogP contribution < -0.4 is 10.2 Å². The number of urea groups is 1. The normalized spacial score (nSPS) is 18.4. The Morgan fingerprint density at radius 2 is 2.04 bits per heavy atom. The largest absolute Gasteiger partial charge is 0.352 e. The molecule has 0 spiro atoms. The van der Waals surface area contributed by atoms with Gasteiger partial charge in [-0.25, -0.2) is 9.78 Å². The maximum absolute atomic E-state index is 12.2. The molecule has 4 rings (SSSR count). The molecule has 23 heavy (non-hydrogen) atoms. The Morgan fingerprint density at radius 3 is 2.83 bits per heavy atom. The van der Waals surface area contributed by atoms with E-state index in [1.165, 1.54) is 19.2 Å². The van der Waals surface area contributed by atoms with Crippen LogP contribution in [-0.4, -0.2) is 63.2 Å². The van der Waals surface area contributed by atoms with Crippen LogP contribution in [0.15, 0.2) is 18.7 Å². The number of nitrogens with zero attached hydrogens (tertiary/aromatic N) is 6. The van der Waals surface area contributed by atoms with Crippen LogP contribution in [0.2, 0.25) is 0 Å². The minimum Gasteiger partial charge on any atom is -0.352 e. The highest BCUT2D eigenvalue weighted by Gasteiger charge is 2.24. The van der Waals surface area contributed by atoms with Gasteiger partial charge in [0.15, 0.2) is 11.5 Å². The van der Waals surface area contributed by atoms with Crippen molar-refractivity contribution in [2.45, 2.75) is 19.3 Å². The van der Waals surface area contributed by atoms with Crippen LogP contribution in [0.1, 0.15) is 19.3 Å². The third kappa shape index (κ3) is 3.06. The van der Waals surface area contributed by atoms with Gasteiger partial charge >= 0.3 is 6.03 Å². The van der Waals surface area contributed by atoms with Gasteiger partial charge in [-0.3, -0.25) is 4.98 Å². The average Bonchev–Trinajstić information content (AvgIpc) is 3.28. The second-order valence-electron chi connectivity index (χ2n) is 6.23. The van der Waals surface area contributed by atoms with Gasteiger partial charge in [0.1, 0.15) is 6.33 Å². The first-order valence-corrected chi connectivity index (χ1v) is 8.23. The van der Waals surface area contributed by atoms with Crippen molar-refractivity contribution in [3.8, 4) is 0 Å². The van der Waals surface area contributed by atoms with Crippen LogP contribution in [0.3, 0.4) is 0 Å². The summed E-state index contributed by atoms with van der Waals surface area (Å²) in [5.74, 6) is 1.77. The molecule has 0 bridgehead atoms. The van der Waals surface area contributed by atoms with E-state index in [1.807, 2.05) is 4.90 Å². The lowest BCUT2D eigenvalue weighted by atomic mass is 10.3. The van der Waals surface area contributed by atoms with Crippen molar-refractivity contribution >= 4 is 17.5 Å². The van der Waals surface area contributed by atoms with E-state index in [2.05, 4.69) is 25.3 Å². The molecule has 0 atom stereocenters. The SMILES string of the molecule is O=C(NCCC1CC1)N1CCN(c2cncc3ncnn23)CC1. The summed E-state index contributed by atoms with van der Waals surface area (Å²) < 4.78 is 1.79. The first kappa shape index (κ1) is 14.2. The summed E-state index contributed by atoms with van der Waals surface area (Å²) in [4.78, 5) is 24.6. The van der Waals surface area contributed by atoms with E-state index in [1.54, 1.807) is 16.9 Å². The van der Waals surface area contributed by atoms with Crippen molar-refractivity contribution in [3.05, 3.63) is 18.7 Å². The van der Waals surface area contributed by atoms with E-state index in [4.69, 9.17) is 0 Å². The average molecular weight is 315 g/mol. The molecule has 0 radical (unpaired) electrons. The molecule has 8 heteroatoms. The Hall–Kier alpha value is -2.38. The van der Waals surface area contributed by atoms with Gasteiger partial charge in [0, 0.05) is 32.7 Å². The Bertz CT molecular complexity index is 688. The molecule has 1 saturated carbocycles. The number of anilines is 1. The first-order chi connectivity index (χ1) is 11.3. The Balaban J connectivity index is 1.33. The van der Waals surface area contributed by atoms with Gasteiger partial charge < -0.3 is 15.1 Å². The second kappa shape index (κ2) is 6.02. The molecule has 2 aromatic heterocycles. The third-order valence-corrected chi connectivity index (χ3v) is 4.59. The van der Waals surface area contributed by atoms with Gasteiger partial charge in [-0.15, -0.1) is 0 Å². The quantitative estimate of drug-likeness (QED) is 0.901. The van der Waals surface area contributed by atoms with Crippen LogP contribution >= 0.6 is 0 Å². The van der Waals surface area contributed by atoms with Crippen LogP contribution in [0.5, 0.6) is 0 Å². The van der Waals surface area contributed by atoms with Gasteiger partial charge in [0.05, 0.1) is 12.4 Å². The molecular weight excluding hydrogens is 294 g/mol.